The lowest BCUT2D eigenvalue weighted by atomic mass is 9.96. The van der Waals surface area contributed by atoms with Gasteiger partial charge in [0.05, 0.1) is 5.92 Å². The molecule has 20 heavy (non-hydrogen) atoms. The van der Waals surface area contributed by atoms with Crippen LogP contribution in [0.15, 0.2) is 22.6 Å². The van der Waals surface area contributed by atoms with E-state index >= 15 is 0 Å². The standard InChI is InChI=1S/C15H21N3O2/c1-9(2)6-11(8-16)15(19)18-12-4-5-14-13(7-12)17-10(3)20-14/h4-5,7,9,11H,6,8,16H2,1-3H3,(H,18,19). The number of nitrogens with one attached hydrogen (secondary N) is 1. The Hall–Kier alpha value is -1.88. The van der Waals surface area contributed by atoms with Gasteiger partial charge in [-0.05, 0) is 30.5 Å². The van der Waals surface area contributed by atoms with Crippen molar-refractivity contribution in [3.05, 3.63) is 24.1 Å². The van der Waals surface area contributed by atoms with Gasteiger partial charge in [0.25, 0.3) is 0 Å². The Morgan fingerprint density at radius 3 is 2.85 bits per heavy atom. The van der Waals surface area contributed by atoms with Crippen LogP contribution in [0.2, 0.25) is 0 Å². The zero-order chi connectivity index (χ0) is 14.7. The number of oxazole rings is 1. The van der Waals surface area contributed by atoms with E-state index in [0.717, 1.165) is 23.2 Å². The van der Waals surface area contributed by atoms with E-state index < -0.39 is 0 Å². The van der Waals surface area contributed by atoms with Crippen LogP contribution in [0.25, 0.3) is 11.1 Å². The maximum atomic E-state index is 12.2. The highest BCUT2D eigenvalue weighted by Gasteiger charge is 2.18. The fraction of sp³-hybridized carbons (Fsp3) is 0.467. The van der Waals surface area contributed by atoms with Gasteiger partial charge >= 0.3 is 0 Å². The topological polar surface area (TPSA) is 81.2 Å². The lowest BCUT2D eigenvalue weighted by molar-refractivity contribution is -0.120. The summed E-state index contributed by atoms with van der Waals surface area (Å²) in [6.07, 6.45) is 0.785. The largest absolute Gasteiger partial charge is 0.441 e. The van der Waals surface area contributed by atoms with E-state index in [1.54, 1.807) is 6.92 Å². The van der Waals surface area contributed by atoms with Gasteiger partial charge in [0.1, 0.15) is 5.52 Å². The number of carbonyl (C=O) groups is 1. The summed E-state index contributed by atoms with van der Waals surface area (Å²) in [5.74, 6) is 0.851. The van der Waals surface area contributed by atoms with Gasteiger partial charge in [-0.1, -0.05) is 13.8 Å². The predicted molar refractivity (Wildman–Crippen MR) is 79.4 cm³/mol. The second kappa shape index (κ2) is 6.05. The average Bonchev–Trinajstić information content (AvgIpc) is 2.74. The van der Waals surface area contributed by atoms with Gasteiger partial charge in [-0.15, -0.1) is 0 Å². The van der Waals surface area contributed by atoms with Crippen molar-refractivity contribution in [1.82, 2.24) is 4.98 Å². The van der Waals surface area contributed by atoms with E-state index in [1.807, 2.05) is 18.2 Å². The van der Waals surface area contributed by atoms with Crippen LogP contribution in [0.4, 0.5) is 5.69 Å². The highest BCUT2D eigenvalue weighted by molar-refractivity contribution is 5.94. The summed E-state index contributed by atoms with van der Waals surface area (Å²) in [5, 5.41) is 2.90. The number of aryl methyl sites for hydroxylation is 1. The van der Waals surface area contributed by atoms with Crippen molar-refractivity contribution in [2.45, 2.75) is 27.2 Å². The molecule has 0 bridgehead atoms. The second-order valence-corrected chi connectivity index (χ2v) is 5.47. The maximum Gasteiger partial charge on any atom is 0.228 e. The average molecular weight is 275 g/mol. The van der Waals surface area contributed by atoms with Crippen molar-refractivity contribution >= 4 is 22.7 Å². The fourth-order valence-corrected chi connectivity index (χ4v) is 2.24. The molecule has 3 N–H and O–H groups in total. The Kier molecular flexibility index (Phi) is 4.39. The van der Waals surface area contributed by atoms with E-state index in [9.17, 15) is 4.79 Å². The van der Waals surface area contributed by atoms with Gasteiger partial charge in [0.2, 0.25) is 5.91 Å². The summed E-state index contributed by atoms with van der Waals surface area (Å²) < 4.78 is 5.41. The van der Waals surface area contributed by atoms with Crippen molar-refractivity contribution in [2.75, 3.05) is 11.9 Å². The van der Waals surface area contributed by atoms with Crippen LogP contribution in [0.1, 0.15) is 26.2 Å². The summed E-state index contributed by atoms with van der Waals surface area (Å²) in [6.45, 7) is 6.32. The summed E-state index contributed by atoms with van der Waals surface area (Å²) in [6, 6.07) is 5.44. The van der Waals surface area contributed by atoms with Crippen LogP contribution >= 0.6 is 0 Å². The van der Waals surface area contributed by atoms with E-state index in [2.05, 4.69) is 24.1 Å². The lowest BCUT2D eigenvalue weighted by Crippen LogP contribution is -2.30. The number of amides is 1. The molecule has 2 aromatic rings. The number of hydrogen-bond acceptors (Lipinski definition) is 4. The van der Waals surface area contributed by atoms with Crippen LogP contribution in [0, 0.1) is 18.8 Å². The molecule has 5 nitrogen and oxygen atoms in total. The number of fused-ring (bicyclic) bond motifs is 1. The van der Waals surface area contributed by atoms with E-state index in [-0.39, 0.29) is 11.8 Å². The first-order chi connectivity index (χ1) is 9.49. The fourth-order valence-electron chi connectivity index (χ4n) is 2.24. The number of carbonyl (C=O) groups excluding carboxylic acids is 1. The third kappa shape index (κ3) is 3.36. The molecule has 108 valence electrons. The zero-order valence-electron chi connectivity index (χ0n) is 12.1. The zero-order valence-corrected chi connectivity index (χ0v) is 12.1. The minimum Gasteiger partial charge on any atom is -0.441 e. The van der Waals surface area contributed by atoms with Crippen molar-refractivity contribution in [2.24, 2.45) is 17.6 Å². The molecule has 0 spiro atoms. The Morgan fingerprint density at radius 2 is 2.20 bits per heavy atom. The van der Waals surface area contributed by atoms with E-state index in [0.29, 0.717) is 18.4 Å². The number of benzene rings is 1. The highest BCUT2D eigenvalue weighted by atomic mass is 16.3. The molecule has 5 heteroatoms. The van der Waals surface area contributed by atoms with E-state index in [4.69, 9.17) is 10.2 Å². The van der Waals surface area contributed by atoms with Crippen molar-refractivity contribution < 1.29 is 9.21 Å². The number of rotatable bonds is 5. The Morgan fingerprint density at radius 1 is 1.45 bits per heavy atom. The van der Waals surface area contributed by atoms with Crippen molar-refractivity contribution in [3.63, 3.8) is 0 Å². The van der Waals surface area contributed by atoms with Crippen molar-refractivity contribution in [3.8, 4) is 0 Å². The number of aromatic nitrogens is 1. The first kappa shape index (κ1) is 14.5. The second-order valence-electron chi connectivity index (χ2n) is 5.47. The molecule has 0 aliphatic carbocycles. The van der Waals surface area contributed by atoms with Crippen LogP contribution in [-0.2, 0) is 4.79 Å². The highest BCUT2D eigenvalue weighted by Crippen LogP contribution is 2.21. The molecule has 1 heterocycles. The molecule has 0 aliphatic heterocycles. The number of nitrogens with two attached hydrogens (primary N) is 1. The van der Waals surface area contributed by atoms with Crippen molar-refractivity contribution in [1.29, 1.82) is 0 Å². The molecule has 0 radical (unpaired) electrons. The summed E-state index contributed by atoms with van der Waals surface area (Å²) >= 11 is 0. The molecule has 2 rings (SSSR count). The molecule has 0 saturated carbocycles. The van der Waals surface area contributed by atoms with Crippen LogP contribution in [0.3, 0.4) is 0 Å². The minimum absolute atomic E-state index is 0.0410. The summed E-state index contributed by atoms with van der Waals surface area (Å²) in [7, 11) is 0. The first-order valence-electron chi connectivity index (χ1n) is 6.87. The molecular formula is C15H21N3O2. The number of hydrogen-bond donors (Lipinski definition) is 2. The quantitative estimate of drug-likeness (QED) is 0.879. The molecule has 1 amide bonds. The Bertz CT molecular complexity index is 604. The molecule has 0 saturated heterocycles. The van der Waals surface area contributed by atoms with Crippen LogP contribution in [0.5, 0.6) is 0 Å². The third-order valence-electron chi connectivity index (χ3n) is 3.17. The summed E-state index contributed by atoms with van der Waals surface area (Å²) in [5.41, 5.74) is 7.87. The van der Waals surface area contributed by atoms with Gasteiger partial charge in [-0.25, -0.2) is 4.98 Å². The molecule has 1 atom stereocenters. The first-order valence-corrected chi connectivity index (χ1v) is 6.87. The van der Waals surface area contributed by atoms with Crippen LogP contribution in [-0.4, -0.2) is 17.4 Å². The summed E-state index contributed by atoms with van der Waals surface area (Å²) in [4.78, 5) is 16.4. The molecule has 1 aromatic heterocycles. The molecule has 0 fully saturated rings. The Labute approximate surface area is 118 Å². The monoisotopic (exact) mass is 275 g/mol. The predicted octanol–water partition coefficient (Wildman–Crippen LogP) is 2.70. The lowest BCUT2D eigenvalue weighted by Gasteiger charge is -2.16. The van der Waals surface area contributed by atoms with Gasteiger partial charge < -0.3 is 15.5 Å². The maximum absolute atomic E-state index is 12.2. The normalized spacial score (nSPS) is 12.8. The van der Waals surface area contributed by atoms with E-state index in [1.165, 1.54) is 0 Å². The van der Waals surface area contributed by atoms with Crippen LogP contribution < -0.4 is 11.1 Å². The smallest absolute Gasteiger partial charge is 0.228 e. The number of nitrogens with zero attached hydrogens (tertiary/aromatic N) is 1. The third-order valence-corrected chi connectivity index (χ3v) is 3.17. The Balaban J connectivity index is 2.12. The SMILES string of the molecule is Cc1nc2cc(NC(=O)C(CN)CC(C)C)ccc2o1. The molecule has 1 unspecified atom stereocenters. The minimum atomic E-state index is -0.162. The van der Waals surface area contributed by atoms with Gasteiger partial charge in [0.15, 0.2) is 11.5 Å². The van der Waals surface area contributed by atoms with Gasteiger partial charge in [0, 0.05) is 19.2 Å². The van der Waals surface area contributed by atoms with Gasteiger partial charge in [-0.2, -0.15) is 0 Å². The molecule has 1 aromatic carbocycles. The molecule has 0 aliphatic rings. The number of anilines is 1. The molecular weight excluding hydrogens is 254 g/mol. The van der Waals surface area contributed by atoms with Gasteiger partial charge in [-0.3, -0.25) is 4.79 Å².